The fraction of sp³-hybridized carbons (Fsp3) is 0. The van der Waals surface area contributed by atoms with Crippen LogP contribution >= 0.6 is 0 Å². The van der Waals surface area contributed by atoms with Crippen molar-refractivity contribution in [3.8, 4) is 50.8 Å². The van der Waals surface area contributed by atoms with E-state index in [0.29, 0.717) is 0 Å². The topological polar surface area (TPSA) is 27.1 Å². The first-order valence-electron chi connectivity index (χ1n) is 12.8. The highest BCUT2D eigenvalue weighted by Crippen LogP contribution is 2.47. The summed E-state index contributed by atoms with van der Waals surface area (Å²) in [5.41, 5.74) is 8.59. The second-order valence-corrected chi connectivity index (χ2v) is 9.66. The van der Waals surface area contributed by atoms with Gasteiger partial charge in [-0.05, 0) is 51.7 Å². The zero-order valence-corrected chi connectivity index (χ0v) is 20.5. The van der Waals surface area contributed by atoms with E-state index in [1.807, 2.05) is 24.3 Å². The number of nitrogens with zero attached hydrogens (tertiary/aromatic N) is 2. The lowest BCUT2D eigenvalue weighted by Gasteiger charge is -2.23. The fourth-order valence-electron chi connectivity index (χ4n) is 5.55. The van der Waals surface area contributed by atoms with Crippen molar-refractivity contribution in [2.75, 3.05) is 0 Å². The van der Waals surface area contributed by atoms with E-state index in [0.717, 1.165) is 50.7 Å². The number of ether oxygens (including phenoxy) is 1. The van der Waals surface area contributed by atoms with Gasteiger partial charge < -0.3 is 4.74 Å². The van der Waals surface area contributed by atoms with Crippen LogP contribution in [0.4, 0.5) is 0 Å². The molecule has 0 N–H and O–H groups in total. The molecule has 3 nitrogen and oxygen atoms in total. The highest BCUT2D eigenvalue weighted by atomic mass is 16.5. The second-order valence-electron chi connectivity index (χ2n) is 9.66. The molecule has 8 rings (SSSR count). The van der Waals surface area contributed by atoms with E-state index in [2.05, 4.69) is 114 Å². The van der Waals surface area contributed by atoms with Gasteiger partial charge in [-0.2, -0.15) is 0 Å². The SMILES string of the molecule is c1ccc(-c2nc3cccc4c3n2-c2cccc(-c3ccc(-c5ccc6ccccc6c5)cc3)c2O4)cc1. The standard InChI is InChI=1S/C35H22N2O/c1-2-9-26(10-3-1)35-36-30-13-7-15-32-33(30)37(35)31-14-6-12-29(34(31)38-32)25-19-16-24(17-20-25)28-21-18-23-8-4-5-11-27(23)22-28/h1-22H. The lowest BCUT2D eigenvalue weighted by atomic mass is 9.97. The molecular weight excluding hydrogens is 464 g/mol. The monoisotopic (exact) mass is 486 g/mol. The van der Waals surface area contributed by atoms with Crippen LogP contribution in [0.5, 0.6) is 11.5 Å². The number of benzene rings is 6. The van der Waals surface area contributed by atoms with Crippen LogP contribution in [0.3, 0.4) is 0 Å². The summed E-state index contributed by atoms with van der Waals surface area (Å²) in [6, 6.07) is 46.7. The molecule has 38 heavy (non-hydrogen) atoms. The van der Waals surface area contributed by atoms with Gasteiger partial charge in [0, 0.05) is 11.1 Å². The van der Waals surface area contributed by atoms with E-state index in [1.165, 1.54) is 21.9 Å². The van der Waals surface area contributed by atoms with Crippen molar-refractivity contribution < 1.29 is 4.74 Å². The van der Waals surface area contributed by atoms with Gasteiger partial charge in [-0.3, -0.25) is 4.57 Å². The summed E-state index contributed by atoms with van der Waals surface area (Å²) in [5.74, 6) is 2.59. The molecule has 0 saturated heterocycles. The largest absolute Gasteiger partial charge is 0.452 e. The first-order chi connectivity index (χ1) is 18.8. The third-order valence-corrected chi connectivity index (χ3v) is 7.40. The normalized spacial score (nSPS) is 11.9. The van der Waals surface area contributed by atoms with E-state index in [1.54, 1.807) is 0 Å². The number of hydrogen-bond acceptors (Lipinski definition) is 2. The molecule has 0 radical (unpaired) electrons. The van der Waals surface area contributed by atoms with Crippen LogP contribution in [-0.2, 0) is 0 Å². The molecule has 178 valence electrons. The molecule has 0 aliphatic carbocycles. The van der Waals surface area contributed by atoms with E-state index in [-0.39, 0.29) is 0 Å². The van der Waals surface area contributed by atoms with Crippen molar-refractivity contribution in [1.82, 2.24) is 9.55 Å². The minimum Gasteiger partial charge on any atom is -0.452 e. The molecule has 0 atom stereocenters. The zero-order chi connectivity index (χ0) is 25.1. The van der Waals surface area contributed by atoms with Crippen molar-refractivity contribution >= 4 is 21.8 Å². The molecule has 1 aliphatic heterocycles. The Balaban J connectivity index is 1.26. The summed E-state index contributed by atoms with van der Waals surface area (Å²) in [4.78, 5) is 5.01. The van der Waals surface area contributed by atoms with Crippen molar-refractivity contribution in [1.29, 1.82) is 0 Å². The van der Waals surface area contributed by atoms with E-state index < -0.39 is 0 Å². The van der Waals surface area contributed by atoms with Gasteiger partial charge in [-0.25, -0.2) is 4.98 Å². The predicted molar refractivity (Wildman–Crippen MR) is 155 cm³/mol. The lowest BCUT2D eigenvalue weighted by Crippen LogP contribution is -2.06. The Labute approximate surface area is 220 Å². The van der Waals surface area contributed by atoms with E-state index >= 15 is 0 Å². The van der Waals surface area contributed by atoms with Crippen molar-refractivity contribution in [3.63, 3.8) is 0 Å². The predicted octanol–water partition coefficient (Wildman–Crippen LogP) is 9.29. The van der Waals surface area contributed by atoms with Crippen LogP contribution in [-0.4, -0.2) is 9.55 Å². The van der Waals surface area contributed by atoms with Gasteiger partial charge in [-0.1, -0.05) is 109 Å². The van der Waals surface area contributed by atoms with Gasteiger partial charge in [0.05, 0.1) is 11.2 Å². The summed E-state index contributed by atoms with van der Waals surface area (Å²) >= 11 is 0. The Kier molecular flexibility index (Phi) is 4.52. The molecule has 0 fully saturated rings. The maximum absolute atomic E-state index is 6.59. The number of fused-ring (bicyclic) bond motifs is 3. The summed E-state index contributed by atoms with van der Waals surface area (Å²) in [7, 11) is 0. The Hall–Kier alpha value is -5.15. The first-order valence-corrected chi connectivity index (χ1v) is 12.8. The average Bonchev–Trinajstić information content (AvgIpc) is 3.39. The number of rotatable bonds is 3. The number of aromatic nitrogens is 2. The molecule has 0 unspecified atom stereocenters. The van der Waals surface area contributed by atoms with Gasteiger partial charge >= 0.3 is 0 Å². The molecule has 0 saturated carbocycles. The molecule has 6 aromatic carbocycles. The lowest BCUT2D eigenvalue weighted by molar-refractivity contribution is 0.477. The molecule has 0 spiro atoms. The average molecular weight is 487 g/mol. The molecular formula is C35H22N2O. The van der Waals surface area contributed by atoms with Gasteiger partial charge in [0.25, 0.3) is 0 Å². The summed E-state index contributed by atoms with van der Waals surface area (Å²) in [6.07, 6.45) is 0. The van der Waals surface area contributed by atoms with Gasteiger partial charge in [0.1, 0.15) is 11.3 Å². The van der Waals surface area contributed by atoms with Crippen LogP contribution in [0.15, 0.2) is 133 Å². The minimum absolute atomic E-state index is 0.824. The maximum Gasteiger partial charge on any atom is 0.159 e. The molecule has 2 heterocycles. The summed E-state index contributed by atoms with van der Waals surface area (Å²) in [6.45, 7) is 0. The van der Waals surface area contributed by atoms with Crippen LogP contribution in [0.1, 0.15) is 0 Å². The zero-order valence-electron chi connectivity index (χ0n) is 20.5. The van der Waals surface area contributed by atoms with Crippen LogP contribution in [0.2, 0.25) is 0 Å². The molecule has 1 aromatic heterocycles. The third kappa shape index (κ3) is 3.19. The first kappa shape index (κ1) is 21.0. The summed E-state index contributed by atoms with van der Waals surface area (Å²) in [5, 5.41) is 2.50. The molecule has 1 aliphatic rings. The molecule has 3 heteroatoms. The van der Waals surface area contributed by atoms with Crippen LogP contribution in [0.25, 0.3) is 61.1 Å². The van der Waals surface area contributed by atoms with E-state index in [9.17, 15) is 0 Å². The highest BCUT2D eigenvalue weighted by molar-refractivity contribution is 5.93. The molecule has 0 amide bonds. The third-order valence-electron chi connectivity index (χ3n) is 7.40. The number of imidazole rings is 1. The minimum atomic E-state index is 0.824. The second kappa shape index (κ2) is 8.19. The Bertz CT molecular complexity index is 1990. The van der Waals surface area contributed by atoms with Gasteiger partial charge in [0.15, 0.2) is 11.5 Å². The quantitative estimate of drug-likeness (QED) is 0.249. The number of hydrogen-bond donors (Lipinski definition) is 0. The smallest absolute Gasteiger partial charge is 0.159 e. The van der Waals surface area contributed by atoms with E-state index in [4.69, 9.17) is 9.72 Å². The van der Waals surface area contributed by atoms with Crippen LogP contribution in [0, 0.1) is 0 Å². The summed E-state index contributed by atoms with van der Waals surface area (Å²) < 4.78 is 8.83. The number of para-hydroxylation sites is 2. The Morgan fingerprint density at radius 3 is 2.13 bits per heavy atom. The Morgan fingerprint density at radius 2 is 1.26 bits per heavy atom. The Morgan fingerprint density at radius 1 is 0.526 bits per heavy atom. The molecule has 0 bridgehead atoms. The van der Waals surface area contributed by atoms with Gasteiger partial charge in [-0.15, -0.1) is 0 Å². The highest BCUT2D eigenvalue weighted by Gasteiger charge is 2.27. The van der Waals surface area contributed by atoms with Crippen molar-refractivity contribution in [3.05, 3.63) is 133 Å². The fourth-order valence-corrected chi connectivity index (χ4v) is 5.55. The van der Waals surface area contributed by atoms with Crippen LogP contribution < -0.4 is 4.74 Å². The van der Waals surface area contributed by atoms with Crippen molar-refractivity contribution in [2.45, 2.75) is 0 Å². The van der Waals surface area contributed by atoms with Crippen molar-refractivity contribution in [2.24, 2.45) is 0 Å². The molecule has 7 aromatic rings. The van der Waals surface area contributed by atoms with Gasteiger partial charge in [0.2, 0.25) is 0 Å². The maximum atomic E-state index is 6.59.